The number of hydrogen-bond donors (Lipinski definition) is 1. The zero-order valence-electron chi connectivity index (χ0n) is 20.1. The number of benzene rings is 1. The molecule has 0 aliphatic carbocycles. The lowest BCUT2D eigenvalue weighted by Crippen LogP contribution is -2.51. The number of alkyl carbamates (subject to hydrolysis) is 1. The maximum absolute atomic E-state index is 12.2. The topological polar surface area (TPSA) is 56.8 Å². The van der Waals surface area contributed by atoms with E-state index in [-0.39, 0.29) is 12.6 Å². The second kappa shape index (κ2) is 13.4. The smallest absolute Gasteiger partial charge is 0.407 e. The van der Waals surface area contributed by atoms with Crippen molar-refractivity contribution in [1.82, 2.24) is 5.32 Å². The van der Waals surface area contributed by atoms with Gasteiger partial charge in [-0.3, -0.25) is 0 Å². The molecule has 0 aliphatic rings. The first-order valence-electron chi connectivity index (χ1n) is 11.2. The third-order valence-electron chi connectivity index (χ3n) is 5.67. The first-order chi connectivity index (χ1) is 14.7. The molecule has 0 fully saturated rings. The van der Waals surface area contributed by atoms with Crippen LogP contribution in [-0.4, -0.2) is 40.3 Å². The van der Waals surface area contributed by atoms with Gasteiger partial charge in [-0.05, 0) is 40.7 Å². The summed E-state index contributed by atoms with van der Waals surface area (Å²) in [5, 5.41) is 2.98. The van der Waals surface area contributed by atoms with Crippen LogP contribution < -0.4 is 10.1 Å². The summed E-state index contributed by atoms with van der Waals surface area (Å²) < 4.78 is 17.5. The van der Waals surface area contributed by atoms with E-state index < -0.39 is 14.4 Å². The third-order valence-corrected chi connectivity index (χ3v) is 11.8. The standard InChI is InChI=1S/C25H41NO4Si/c1-9-15-28-24-13-11-22(12-14-24)17-23(26-25(27)29-16-10-2)18-30-31(19(3)4,20(5)6)21(7)8/h9-14,19-21,23H,1-2,15-18H2,3-8H3,(H,26,27). The lowest BCUT2D eigenvalue weighted by molar-refractivity contribution is 0.146. The van der Waals surface area contributed by atoms with Gasteiger partial charge >= 0.3 is 6.09 Å². The largest absolute Gasteiger partial charge is 0.490 e. The molecule has 0 bridgehead atoms. The molecule has 5 nitrogen and oxygen atoms in total. The van der Waals surface area contributed by atoms with Crippen molar-refractivity contribution in [1.29, 1.82) is 0 Å². The number of carbonyl (C=O) groups is 1. The van der Waals surface area contributed by atoms with Gasteiger partial charge in [-0.25, -0.2) is 4.79 Å². The highest BCUT2D eigenvalue weighted by atomic mass is 28.4. The molecule has 1 amide bonds. The van der Waals surface area contributed by atoms with Crippen LogP contribution in [0.4, 0.5) is 4.79 Å². The molecule has 1 unspecified atom stereocenters. The Balaban J connectivity index is 2.98. The van der Waals surface area contributed by atoms with Crippen molar-refractivity contribution in [2.24, 2.45) is 0 Å². The van der Waals surface area contributed by atoms with Gasteiger partial charge in [0.05, 0.1) is 12.6 Å². The number of nitrogens with one attached hydrogen (secondary N) is 1. The molecule has 0 heterocycles. The normalized spacial score (nSPS) is 12.7. The van der Waals surface area contributed by atoms with Gasteiger partial charge < -0.3 is 19.2 Å². The molecule has 0 aromatic heterocycles. The fraction of sp³-hybridized carbons (Fsp3) is 0.560. The van der Waals surface area contributed by atoms with Gasteiger partial charge in [-0.15, -0.1) is 0 Å². The summed E-state index contributed by atoms with van der Waals surface area (Å²) >= 11 is 0. The molecule has 31 heavy (non-hydrogen) atoms. The molecule has 174 valence electrons. The summed E-state index contributed by atoms with van der Waals surface area (Å²) in [6.45, 7) is 21.9. The molecular formula is C25H41NO4Si. The van der Waals surface area contributed by atoms with E-state index in [1.165, 1.54) is 0 Å². The Kier molecular flexibility index (Phi) is 11.6. The minimum absolute atomic E-state index is 0.178. The van der Waals surface area contributed by atoms with Gasteiger partial charge in [0.2, 0.25) is 0 Å². The van der Waals surface area contributed by atoms with Gasteiger partial charge in [0.1, 0.15) is 19.0 Å². The maximum atomic E-state index is 12.2. The summed E-state index contributed by atoms with van der Waals surface area (Å²) in [6.07, 6.45) is 3.46. The van der Waals surface area contributed by atoms with Crippen LogP contribution in [-0.2, 0) is 15.6 Å². The second-order valence-corrected chi connectivity index (χ2v) is 14.3. The van der Waals surface area contributed by atoms with Crippen molar-refractivity contribution < 1.29 is 18.7 Å². The molecule has 1 N–H and O–H groups in total. The van der Waals surface area contributed by atoms with E-state index in [0.717, 1.165) is 11.3 Å². The molecule has 0 saturated carbocycles. The van der Waals surface area contributed by atoms with Crippen LogP contribution in [0, 0.1) is 0 Å². The number of amides is 1. The Morgan fingerprint density at radius 3 is 2.00 bits per heavy atom. The quantitative estimate of drug-likeness (QED) is 0.270. The number of carbonyl (C=O) groups excluding carboxylic acids is 1. The Morgan fingerprint density at radius 1 is 0.968 bits per heavy atom. The molecule has 0 radical (unpaired) electrons. The van der Waals surface area contributed by atoms with E-state index in [9.17, 15) is 4.79 Å². The summed E-state index contributed by atoms with van der Waals surface area (Å²) in [6, 6.07) is 7.70. The highest BCUT2D eigenvalue weighted by Crippen LogP contribution is 2.42. The molecule has 1 atom stereocenters. The van der Waals surface area contributed by atoms with E-state index in [1.54, 1.807) is 12.2 Å². The van der Waals surface area contributed by atoms with Crippen molar-refractivity contribution in [3.63, 3.8) is 0 Å². The van der Waals surface area contributed by atoms with Crippen LogP contribution in [0.25, 0.3) is 0 Å². The lowest BCUT2D eigenvalue weighted by Gasteiger charge is -2.43. The average Bonchev–Trinajstić information content (AvgIpc) is 2.71. The Labute approximate surface area is 190 Å². The van der Waals surface area contributed by atoms with E-state index in [2.05, 4.69) is 60.0 Å². The Morgan fingerprint density at radius 2 is 1.52 bits per heavy atom. The monoisotopic (exact) mass is 447 g/mol. The van der Waals surface area contributed by atoms with Gasteiger partial charge in [0.15, 0.2) is 8.32 Å². The average molecular weight is 448 g/mol. The summed E-state index contributed by atoms with van der Waals surface area (Å²) in [5.74, 6) is 0.792. The fourth-order valence-corrected chi connectivity index (χ4v) is 9.89. The van der Waals surface area contributed by atoms with Crippen molar-refractivity contribution in [3.05, 3.63) is 55.1 Å². The van der Waals surface area contributed by atoms with Crippen LogP contribution in [0.2, 0.25) is 16.6 Å². The SMILES string of the molecule is C=CCOC(=O)NC(CO[Si](C(C)C)(C(C)C)C(C)C)Cc1ccc(OCC=C)cc1. The molecule has 1 rings (SSSR count). The summed E-state index contributed by atoms with van der Waals surface area (Å²) in [7, 11) is -2.05. The van der Waals surface area contributed by atoms with Crippen LogP contribution in [0.1, 0.15) is 47.1 Å². The molecule has 0 spiro atoms. The minimum Gasteiger partial charge on any atom is -0.490 e. The number of hydrogen-bond acceptors (Lipinski definition) is 4. The van der Waals surface area contributed by atoms with Crippen LogP contribution in [0.15, 0.2) is 49.6 Å². The van der Waals surface area contributed by atoms with Crippen LogP contribution >= 0.6 is 0 Å². The summed E-state index contributed by atoms with van der Waals surface area (Å²) in [5.41, 5.74) is 2.51. The molecule has 0 aliphatic heterocycles. The predicted octanol–water partition coefficient (Wildman–Crippen LogP) is 6.27. The second-order valence-electron chi connectivity index (χ2n) is 8.80. The predicted molar refractivity (Wildman–Crippen MR) is 131 cm³/mol. The first-order valence-corrected chi connectivity index (χ1v) is 13.3. The van der Waals surface area contributed by atoms with Crippen molar-refractivity contribution >= 4 is 14.4 Å². The zero-order valence-corrected chi connectivity index (χ0v) is 21.1. The zero-order chi connectivity index (χ0) is 23.4. The maximum Gasteiger partial charge on any atom is 0.407 e. The van der Waals surface area contributed by atoms with Gasteiger partial charge in [0, 0.05) is 0 Å². The highest BCUT2D eigenvalue weighted by Gasteiger charge is 2.45. The van der Waals surface area contributed by atoms with E-state index in [0.29, 0.717) is 36.3 Å². The number of rotatable bonds is 14. The molecule has 1 aromatic rings. The lowest BCUT2D eigenvalue weighted by atomic mass is 10.1. The van der Waals surface area contributed by atoms with Crippen molar-refractivity contribution in [2.45, 2.75) is 70.6 Å². The van der Waals surface area contributed by atoms with E-state index in [4.69, 9.17) is 13.9 Å². The number of ether oxygens (including phenoxy) is 2. The third kappa shape index (κ3) is 8.18. The van der Waals surface area contributed by atoms with Crippen LogP contribution in [0.5, 0.6) is 5.75 Å². The minimum atomic E-state index is -2.05. The van der Waals surface area contributed by atoms with E-state index >= 15 is 0 Å². The first kappa shape index (κ1) is 27.0. The molecule has 1 aromatic carbocycles. The fourth-order valence-electron chi connectivity index (χ4n) is 4.40. The summed E-state index contributed by atoms with van der Waals surface area (Å²) in [4.78, 5) is 12.2. The highest BCUT2D eigenvalue weighted by molar-refractivity contribution is 6.77. The van der Waals surface area contributed by atoms with Crippen molar-refractivity contribution in [2.75, 3.05) is 19.8 Å². The molecular weight excluding hydrogens is 406 g/mol. The Hall–Kier alpha value is -2.05. The van der Waals surface area contributed by atoms with Gasteiger partial charge in [-0.1, -0.05) is 79.0 Å². The van der Waals surface area contributed by atoms with Crippen LogP contribution in [0.3, 0.4) is 0 Å². The van der Waals surface area contributed by atoms with Gasteiger partial charge in [-0.2, -0.15) is 0 Å². The molecule has 6 heteroatoms. The Bertz CT molecular complexity index is 663. The van der Waals surface area contributed by atoms with Crippen molar-refractivity contribution in [3.8, 4) is 5.75 Å². The van der Waals surface area contributed by atoms with E-state index in [1.807, 2.05) is 24.3 Å². The molecule has 0 saturated heterocycles. The van der Waals surface area contributed by atoms with Gasteiger partial charge in [0.25, 0.3) is 0 Å².